The van der Waals surface area contributed by atoms with E-state index in [4.69, 9.17) is 4.74 Å². The monoisotopic (exact) mass is 1080 g/mol. The number of amides is 1. The number of aliphatic hydroxyl groups is 2. The Bertz CT molecular complexity index is 1200. The normalized spacial score (nSPS) is 12.6. The second kappa shape index (κ2) is 66.8. The molecule has 0 aromatic carbocycles. The molecule has 0 bridgehead atoms. The van der Waals surface area contributed by atoms with Crippen LogP contribution in [0, 0.1) is 0 Å². The number of carbonyl (C=O) groups excluding carboxylic acids is 2. The predicted octanol–water partition coefficient (Wildman–Crippen LogP) is 22.5. The van der Waals surface area contributed by atoms with Crippen molar-refractivity contribution in [2.75, 3.05) is 13.2 Å². The van der Waals surface area contributed by atoms with Gasteiger partial charge in [-0.15, -0.1) is 0 Å². The zero-order valence-electron chi connectivity index (χ0n) is 52.2. The van der Waals surface area contributed by atoms with Crippen LogP contribution in [0.25, 0.3) is 0 Å². The van der Waals surface area contributed by atoms with Gasteiger partial charge in [0.2, 0.25) is 5.91 Å². The number of allylic oxidation sites excluding steroid dienone is 4. The quantitative estimate of drug-likeness (QED) is 0.0320. The number of hydrogen-bond acceptors (Lipinski definition) is 5. The molecule has 3 N–H and O–H groups in total. The molecule has 0 fully saturated rings. The number of carbonyl (C=O) groups is 2. The molecule has 0 heterocycles. The highest BCUT2D eigenvalue weighted by molar-refractivity contribution is 5.76. The number of unbranched alkanes of at least 4 members (excludes halogenated alkanes) is 51. The lowest BCUT2D eigenvalue weighted by atomic mass is 10.0. The molecule has 0 aliphatic carbocycles. The van der Waals surface area contributed by atoms with Crippen molar-refractivity contribution in [3.63, 3.8) is 0 Å². The number of esters is 1. The Balaban J connectivity index is 3.36. The predicted molar refractivity (Wildman–Crippen MR) is 338 cm³/mol. The Labute approximate surface area is 481 Å². The molecule has 0 aromatic rings. The third-order valence-corrected chi connectivity index (χ3v) is 16.5. The first-order valence-corrected chi connectivity index (χ1v) is 35.1. The molecule has 6 heteroatoms. The van der Waals surface area contributed by atoms with E-state index < -0.39 is 12.1 Å². The van der Waals surface area contributed by atoms with Crippen LogP contribution in [0.4, 0.5) is 0 Å². The Morgan fingerprint density at radius 3 is 0.922 bits per heavy atom. The lowest BCUT2D eigenvalue weighted by molar-refractivity contribution is -0.143. The Morgan fingerprint density at radius 1 is 0.351 bits per heavy atom. The van der Waals surface area contributed by atoms with Crippen molar-refractivity contribution in [1.82, 2.24) is 5.32 Å². The highest BCUT2D eigenvalue weighted by atomic mass is 16.5. The summed E-state index contributed by atoms with van der Waals surface area (Å²) in [6.45, 7) is 4.98. The highest BCUT2D eigenvalue weighted by Gasteiger charge is 2.20. The molecular formula is C71H137NO5. The molecule has 0 saturated heterocycles. The van der Waals surface area contributed by atoms with Crippen molar-refractivity contribution in [3.05, 3.63) is 24.3 Å². The van der Waals surface area contributed by atoms with Crippen LogP contribution >= 0.6 is 0 Å². The van der Waals surface area contributed by atoms with E-state index in [-0.39, 0.29) is 18.5 Å². The first-order valence-electron chi connectivity index (χ1n) is 35.1. The standard InChI is InChI=1S/C71H137NO5/c1-3-5-7-9-11-13-15-17-19-37-41-45-49-53-57-61-65-71(76)77-66-62-58-54-50-46-42-38-34-32-30-28-26-24-22-20-21-23-25-27-29-31-33-36-40-44-48-52-56-60-64-70(75)72-68(67-73)69(74)63-59-55-51-47-43-39-35-18-16-14-12-10-8-6-4-2/h19-20,22,37,68-69,73-74H,3-18,21,23-36,38-67H2,1-2H3,(H,72,75)/b22-20-,37-19-. The second-order valence-corrected chi connectivity index (χ2v) is 24.2. The van der Waals surface area contributed by atoms with Crippen LogP contribution < -0.4 is 5.32 Å². The summed E-state index contributed by atoms with van der Waals surface area (Å²) in [5.41, 5.74) is 0. The van der Waals surface area contributed by atoms with Gasteiger partial charge in [-0.25, -0.2) is 0 Å². The maximum absolute atomic E-state index is 12.5. The van der Waals surface area contributed by atoms with Gasteiger partial charge in [0.1, 0.15) is 0 Å². The molecule has 0 rings (SSSR count). The van der Waals surface area contributed by atoms with Crippen LogP contribution in [0.1, 0.15) is 393 Å². The number of rotatable bonds is 66. The Kier molecular flexibility index (Phi) is 65.4. The van der Waals surface area contributed by atoms with Crippen LogP contribution in [-0.2, 0) is 14.3 Å². The molecule has 2 atom stereocenters. The maximum Gasteiger partial charge on any atom is 0.305 e. The topological polar surface area (TPSA) is 95.9 Å². The number of nitrogens with one attached hydrogen (secondary N) is 1. The fourth-order valence-electron chi connectivity index (χ4n) is 11.1. The van der Waals surface area contributed by atoms with Crippen LogP contribution in [0.15, 0.2) is 24.3 Å². The van der Waals surface area contributed by atoms with E-state index in [0.717, 1.165) is 44.9 Å². The Hall–Kier alpha value is -1.66. The third kappa shape index (κ3) is 63.4. The molecule has 1 amide bonds. The van der Waals surface area contributed by atoms with Gasteiger partial charge in [0, 0.05) is 12.8 Å². The second-order valence-electron chi connectivity index (χ2n) is 24.2. The first kappa shape index (κ1) is 75.3. The summed E-state index contributed by atoms with van der Waals surface area (Å²) in [5, 5.41) is 23.3. The minimum atomic E-state index is -0.663. The molecule has 6 nitrogen and oxygen atoms in total. The summed E-state index contributed by atoms with van der Waals surface area (Å²) >= 11 is 0. The average Bonchev–Trinajstić information content (AvgIpc) is 3.43. The van der Waals surface area contributed by atoms with Gasteiger partial charge in [0.15, 0.2) is 0 Å². The maximum atomic E-state index is 12.5. The summed E-state index contributed by atoms with van der Waals surface area (Å²) < 4.78 is 5.49. The van der Waals surface area contributed by atoms with Crippen LogP contribution in [0.2, 0.25) is 0 Å². The molecule has 77 heavy (non-hydrogen) atoms. The first-order chi connectivity index (χ1) is 38.0. The van der Waals surface area contributed by atoms with Gasteiger partial charge >= 0.3 is 5.97 Å². The molecule has 0 spiro atoms. The van der Waals surface area contributed by atoms with Crippen LogP contribution in [0.5, 0.6) is 0 Å². The van der Waals surface area contributed by atoms with Crippen molar-refractivity contribution in [1.29, 1.82) is 0 Å². The van der Waals surface area contributed by atoms with Crippen molar-refractivity contribution >= 4 is 11.9 Å². The lowest BCUT2D eigenvalue weighted by Crippen LogP contribution is -2.45. The minimum absolute atomic E-state index is 0.00976. The fourth-order valence-corrected chi connectivity index (χ4v) is 11.1. The van der Waals surface area contributed by atoms with Crippen LogP contribution in [-0.4, -0.2) is 47.4 Å². The van der Waals surface area contributed by atoms with Crippen molar-refractivity contribution < 1.29 is 24.5 Å². The number of hydrogen-bond donors (Lipinski definition) is 3. The largest absolute Gasteiger partial charge is 0.466 e. The summed E-state index contributed by atoms with van der Waals surface area (Å²) in [4.78, 5) is 24.6. The lowest BCUT2D eigenvalue weighted by Gasteiger charge is -2.22. The smallest absolute Gasteiger partial charge is 0.305 e. The summed E-state index contributed by atoms with van der Waals surface area (Å²) in [5.74, 6) is -0.0216. The van der Waals surface area contributed by atoms with E-state index in [0.29, 0.717) is 25.9 Å². The molecule has 456 valence electrons. The van der Waals surface area contributed by atoms with E-state index in [1.807, 2.05) is 0 Å². The van der Waals surface area contributed by atoms with Gasteiger partial charge in [0.25, 0.3) is 0 Å². The molecule has 0 saturated carbocycles. The van der Waals surface area contributed by atoms with Gasteiger partial charge in [-0.05, 0) is 77.0 Å². The SMILES string of the molecule is CCCCCCCCC/C=C\CCCCCCCC(=O)OCCCCCCCCCCCCCC/C=C\CCCCCCCCCCCCCCCC(=O)NC(CO)C(O)CCCCCCCCCCCCCCCCC. The van der Waals surface area contributed by atoms with Gasteiger partial charge < -0.3 is 20.3 Å². The minimum Gasteiger partial charge on any atom is -0.466 e. The number of aliphatic hydroxyl groups excluding tert-OH is 2. The van der Waals surface area contributed by atoms with Crippen molar-refractivity contribution in [3.8, 4) is 0 Å². The van der Waals surface area contributed by atoms with Crippen molar-refractivity contribution in [2.24, 2.45) is 0 Å². The summed E-state index contributed by atoms with van der Waals surface area (Å²) in [6, 6.07) is -0.540. The van der Waals surface area contributed by atoms with Crippen molar-refractivity contribution in [2.45, 2.75) is 405 Å². The van der Waals surface area contributed by atoms with Gasteiger partial charge in [0.05, 0.1) is 25.4 Å². The highest BCUT2D eigenvalue weighted by Crippen LogP contribution is 2.19. The van der Waals surface area contributed by atoms with E-state index in [1.165, 1.54) is 315 Å². The summed E-state index contributed by atoms with van der Waals surface area (Å²) in [7, 11) is 0. The van der Waals surface area contributed by atoms with E-state index in [1.54, 1.807) is 0 Å². The fraction of sp³-hybridized carbons (Fsp3) is 0.915. The van der Waals surface area contributed by atoms with Gasteiger partial charge in [-0.2, -0.15) is 0 Å². The third-order valence-electron chi connectivity index (χ3n) is 16.5. The molecular weight excluding hydrogens is 947 g/mol. The molecule has 0 aliphatic heterocycles. The van der Waals surface area contributed by atoms with E-state index >= 15 is 0 Å². The van der Waals surface area contributed by atoms with Gasteiger partial charge in [-0.1, -0.05) is 327 Å². The average molecular weight is 1080 g/mol. The van der Waals surface area contributed by atoms with Crippen LogP contribution in [0.3, 0.4) is 0 Å². The zero-order chi connectivity index (χ0) is 55.7. The van der Waals surface area contributed by atoms with E-state index in [9.17, 15) is 19.8 Å². The van der Waals surface area contributed by atoms with E-state index in [2.05, 4.69) is 43.5 Å². The Morgan fingerprint density at radius 2 is 0.610 bits per heavy atom. The molecule has 2 unspecified atom stereocenters. The molecule has 0 aromatic heterocycles. The molecule has 0 aliphatic rings. The zero-order valence-corrected chi connectivity index (χ0v) is 52.2. The number of ether oxygens (including phenoxy) is 1. The van der Waals surface area contributed by atoms with Gasteiger partial charge in [-0.3, -0.25) is 9.59 Å². The molecule has 0 radical (unpaired) electrons. The summed E-state index contributed by atoms with van der Waals surface area (Å²) in [6.07, 6.45) is 83.7.